The van der Waals surface area contributed by atoms with Crippen molar-refractivity contribution in [1.29, 1.82) is 0 Å². The number of aromatic nitrogens is 2. The zero-order valence-corrected chi connectivity index (χ0v) is 15.3. The van der Waals surface area contributed by atoms with Crippen molar-refractivity contribution in [3.8, 4) is 0 Å². The lowest BCUT2D eigenvalue weighted by Crippen LogP contribution is -2.47. The van der Waals surface area contributed by atoms with E-state index in [1.807, 2.05) is 0 Å². The second-order valence-electron chi connectivity index (χ2n) is 5.75. The summed E-state index contributed by atoms with van der Waals surface area (Å²) in [4.78, 5) is 15.5. The summed E-state index contributed by atoms with van der Waals surface area (Å²) in [6.45, 7) is 0.525. The third kappa shape index (κ3) is 5.50. The Morgan fingerprint density at radius 1 is 1.56 bits per heavy atom. The maximum Gasteiger partial charge on any atom is 0.424 e. The molecule has 0 saturated carbocycles. The van der Waals surface area contributed by atoms with Crippen LogP contribution in [-0.4, -0.2) is 57.4 Å². The van der Waals surface area contributed by atoms with Crippen LogP contribution in [-0.2, 0) is 17.4 Å². The number of rotatable bonds is 6. The molecule has 0 radical (unpaired) electrons. The van der Waals surface area contributed by atoms with Gasteiger partial charge in [-0.25, -0.2) is 4.98 Å². The summed E-state index contributed by atoms with van der Waals surface area (Å²) >= 11 is 1.73. The number of thioether (sulfide) groups is 1. The van der Waals surface area contributed by atoms with Crippen molar-refractivity contribution in [3.63, 3.8) is 0 Å². The molecule has 144 valence electrons. The molecule has 1 amide bonds. The molecule has 1 aromatic heterocycles. The predicted molar refractivity (Wildman–Crippen MR) is 91.8 cm³/mol. The van der Waals surface area contributed by atoms with Gasteiger partial charge >= 0.3 is 6.18 Å². The first-order chi connectivity index (χ1) is 11.2. The first kappa shape index (κ1) is 22.1. The Morgan fingerprint density at radius 3 is 2.80 bits per heavy atom. The van der Waals surface area contributed by atoms with E-state index in [0.29, 0.717) is 0 Å². The number of aliphatic hydroxyl groups is 1. The molecule has 11 heteroatoms. The molecule has 25 heavy (non-hydrogen) atoms. The third-order valence-electron chi connectivity index (χ3n) is 3.90. The van der Waals surface area contributed by atoms with Crippen LogP contribution in [0.2, 0.25) is 0 Å². The molecule has 1 aliphatic heterocycles. The van der Waals surface area contributed by atoms with Gasteiger partial charge in [-0.1, -0.05) is 0 Å². The lowest BCUT2D eigenvalue weighted by Gasteiger charge is -2.30. The highest BCUT2D eigenvalue weighted by Crippen LogP contribution is 2.40. The zero-order chi connectivity index (χ0) is 17.8. The minimum absolute atomic E-state index is 0. The summed E-state index contributed by atoms with van der Waals surface area (Å²) in [5.74, 6) is 0.960. The minimum atomic E-state index is -4.89. The Morgan fingerprint density at radius 2 is 2.28 bits per heavy atom. The number of imidazole rings is 1. The molecule has 2 heterocycles. The highest BCUT2D eigenvalue weighted by atomic mass is 35.5. The van der Waals surface area contributed by atoms with Crippen molar-refractivity contribution in [3.05, 3.63) is 18.2 Å². The molecular weight excluding hydrogens is 381 g/mol. The number of halogens is 4. The summed E-state index contributed by atoms with van der Waals surface area (Å²) in [5, 5.41) is 15.8. The van der Waals surface area contributed by atoms with Crippen LogP contribution in [0.4, 0.5) is 13.2 Å². The van der Waals surface area contributed by atoms with E-state index in [-0.39, 0.29) is 37.3 Å². The highest BCUT2D eigenvalue weighted by molar-refractivity contribution is 7.99. The summed E-state index contributed by atoms with van der Waals surface area (Å²) in [7, 11) is 1.38. The van der Waals surface area contributed by atoms with Crippen LogP contribution in [0.3, 0.4) is 0 Å². The van der Waals surface area contributed by atoms with Gasteiger partial charge in [0.2, 0.25) is 11.5 Å². The van der Waals surface area contributed by atoms with E-state index in [9.17, 15) is 23.1 Å². The normalized spacial score (nSPS) is 20.4. The average molecular weight is 403 g/mol. The van der Waals surface area contributed by atoms with Crippen molar-refractivity contribution in [1.82, 2.24) is 20.2 Å². The van der Waals surface area contributed by atoms with Crippen LogP contribution in [0.15, 0.2) is 12.4 Å². The van der Waals surface area contributed by atoms with Gasteiger partial charge in [0.15, 0.2) is 0 Å². The van der Waals surface area contributed by atoms with Gasteiger partial charge in [0.25, 0.3) is 0 Å². The van der Waals surface area contributed by atoms with E-state index < -0.39 is 24.0 Å². The molecule has 0 bridgehead atoms. The number of carbonyl (C=O) groups is 1. The minimum Gasteiger partial charge on any atom is -0.374 e. The molecule has 1 fully saturated rings. The highest BCUT2D eigenvalue weighted by Gasteiger charge is 2.57. The number of hydrogen-bond donors (Lipinski definition) is 3. The average Bonchev–Trinajstić information content (AvgIpc) is 2.93. The Hall–Kier alpha value is -0.970. The largest absolute Gasteiger partial charge is 0.424 e. The Labute approximate surface area is 154 Å². The van der Waals surface area contributed by atoms with Gasteiger partial charge in [0.05, 0.1) is 0 Å². The molecule has 6 nitrogen and oxygen atoms in total. The Kier molecular flexibility index (Phi) is 8.04. The van der Waals surface area contributed by atoms with Gasteiger partial charge in [0.1, 0.15) is 5.82 Å². The molecule has 2 rings (SSSR count). The van der Waals surface area contributed by atoms with Crippen LogP contribution in [0.25, 0.3) is 0 Å². The lowest BCUT2D eigenvalue weighted by molar-refractivity contribution is -0.272. The number of carbonyl (C=O) groups excluding carboxylic acids is 1. The maximum atomic E-state index is 13.3. The van der Waals surface area contributed by atoms with E-state index in [4.69, 9.17) is 0 Å². The van der Waals surface area contributed by atoms with E-state index in [1.54, 1.807) is 11.8 Å². The second kappa shape index (κ2) is 9.11. The van der Waals surface area contributed by atoms with Crippen molar-refractivity contribution < 1.29 is 23.1 Å². The number of amides is 1. The topological polar surface area (TPSA) is 79.2 Å². The second-order valence-corrected chi connectivity index (χ2v) is 6.90. The van der Waals surface area contributed by atoms with Crippen LogP contribution < -0.4 is 10.6 Å². The summed E-state index contributed by atoms with van der Waals surface area (Å²) in [6.07, 6.45) is -2.85. The summed E-state index contributed by atoms with van der Waals surface area (Å²) in [5.41, 5.74) is -3.10. The first-order valence-electron chi connectivity index (χ1n) is 7.59. The van der Waals surface area contributed by atoms with Gasteiger partial charge in [0, 0.05) is 62.9 Å². The molecule has 0 spiro atoms. The van der Waals surface area contributed by atoms with Gasteiger partial charge in [-0.05, 0) is 0 Å². The fourth-order valence-corrected chi connectivity index (χ4v) is 3.52. The fourth-order valence-electron chi connectivity index (χ4n) is 2.57. The van der Waals surface area contributed by atoms with Crippen molar-refractivity contribution in [2.75, 3.05) is 24.6 Å². The summed E-state index contributed by atoms with van der Waals surface area (Å²) in [6, 6.07) is 0.0276. The van der Waals surface area contributed by atoms with Gasteiger partial charge in [-0.2, -0.15) is 24.9 Å². The van der Waals surface area contributed by atoms with Gasteiger partial charge < -0.3 is 20.3 Å². The molecule has 0 aliphatic carbocycles. The number of nitrogens with zero attached hydrogens (tertiary/aromatic N) is 2. The SMILES string of the molecule is Cl.Cn1ccnc1C(O)(CCNC(=O)CC1CSCCN1)C(F)(F)F. The molecule has 1 aromatic rings. The van der Waals surface area contributed by atoms with E-state index in [0.717, 1.165) is 22.6 Å². The van der Waals surface area contributed by atoms with Crippen molar-refractivity contribution in [2.24, 2.45) is 7.05 Å². The van der Waals surface area contributed by atoms with Crippen LogP contribution >= 0.6 is 24.2 Å². The lowest BCUT2D eigenvalue weighted by atomic mass is 9.97. The third-order valence-corrected chi connectivity index (χ3v) is 5.03. The monoisotopic (exact) mass is 402 g/mol. The van der Waals surface area contributed by atoms with E-state index in [2.05, 4.69) is 15.6 Å². The molecule has 0 aromatic carbocycles. The maximum absolute atomic E-state index is 13.3. The zero-order valence-electron chi connectivity index (χ0n) is 13.7. The number of hydrogen-bond acceptors (Lipinski definition) is 5. The quantitative estimate of drug-likeness (QED) is 0.666. The van der Waals surface area contributed by atoms with Crippen LogP contribution in [0.5, 0.6) is 0 Å². The smallest absolute Gasteiger partial charge is 0.374 e. The standard InChI is InChI=1S/C14H21F3N4O2S.ClH/c1-21-6-4-20-12(21)13(23,14(15,16)17)2-3-19-11(22)8-10-9-24-7-5-18-10;/h4,6,10,18,23H,2-3,5,7-9H2,1H3,(H,19,22);1H. The Balaban J connectivity index is 0.00000312. The molecule has 2 atom stereocenters. The first-order valence-corrected chi connectivity index (χ1v) is 8.74. The molecule has 2 unspecified atom stereocenters. The molecule has 1 aliphatic rings. The van der Waals surface area contributed by atoms with Crippen LogP contribution in [0.1, 0.15) is 18.7 Å². The van der Waals surface area contributed by atoms with E-state index >= 15 is 0 Å². The van der Waals surface area contributed by atoms with Crippen molar-refractivity contribution in [2.45, 2.75) is 30.7 Å². The van der Waals surface area contributed by atoms with Crippen LogP contribution in [0, 0.1) is 0 Å². The molecule has 3 N–H and O–H groups in total. The predicted octanol–water partition coefficient (Wildman–Crippen LogP) is 1.19. The Bertz CT molecular complexity index is 567. The van der Waals surface area contributed by atoms with Crippen molar-refractivity contribution >= 4 is 30.1 Å². The summed E-state index contributed by atoms with van der Waals surface area (Å²) < 4.78 is 41.1. The number of aryl methyl sites for hydroxylation is 1. The van der Waals surface area contributed by atoms with Gasteiger partial charge in [-0.3, -0.25) is 4.79 Å². The number of alkyl halides is 3. The fraction of sp³-hybridized carbons (Fsp3) is 0.714. The molecule has 1 saturated heterocycles. The van der Waals surface area contributed by atoms with Gasteiger partial charge in [-0.15, -0.1) is 12.4 Å². The number of nitrogens with one attached hydrogen (secondary N) is 2. The van der Waals surface area contributed by atoms with E-state index in [1.165, 1.54) is 19.4 Å². The molecular formula is C14H22ClF3N4O2S.